The zero-order valence-electron chi connectivity index (χ0n) is 18.9. The van der Waals surface area contributed by atoms with E-state index in [0.717, 1.165) is 21.3 Å². The van der Waals surface area contributed by atoms with Gasteiger partial charge in [0.2, 0.25) is 0 Å². The van der Waals surface area contributed by atoms with Crippen molar-refractivity contribution in [2.75, 3.05) is 0 Å². The van der Waals surface area contributed by atoms with Crippen molar-refractivity contribution in [2.45, 2.75) is 33.0 Å². The van der Waals surface area contributed by atoms with Crippen LogP contribution < -0.4 is 11.2 Å². The summed E-state index contributed by atoms with van der Waals surface area (Å²) in [5.74, 6) is 0.263. The van der Waals surface area contributed by atoms with E-state index in [1.807, 2.05) is 6.07 Å². The highest BCUT2D eigenvalue weighted by molar-refractivity contribution is 5.60. The van der Waals surface area contributed by atoms with E-state index in [4.69, 9.17) is 5.26 Å². The van der Waals surface area contributed by atoms with Gasteiger partial charge in [0.1, 0.15) is 12.0 Å². The summed E-state index contributed by atoms with van der Waals surface area (Å²) in [5, 5.41) is 17.1. The highest BCUT2D eigenvalue weighted by atomic mass is 19.4. The van der Waals surface area contributed by atoms with Crippen LogP contribution in [0.15, 0.2) is 64.4 Å². The smallest absolute Gasteiger partial charge is 0.275 e. The Morgan fingerprint density at radius 2 is 1.74 bits per heavy atom. The Hall–Kier alpha value is -4.46. The van der Waals surface area contributed by atoms with Crippen molar-refractivity contribution in [1.82, 2.24) is 23.9 Å². The average molecular weight is 480 g/mol. The number of nitriles is 1. The zero-order chi connectivity index (χ0) is 25.5. The van der Waals surface area contributed by atoms with E-state index in [2.05, 4.69) is 10.2 Å². The van der Waals surface area contributed by atoms with Gasteiger partial charge in [0, 0.05) is 11.6 Å². The van der Waals surface area contributed by atoms with Crippen LogP contribution >= 0.6 is 0 Å². The fourth-order valence-corrected chi connectivity index (χ4v) is 3.86. The Morgan fingerprint density at radius 3 is 2.34 bits per heavy atom. The molecule has 35 heavy (non-hydrogen) atoms. The lowest BCUT2D eigenvalue weighted by atomic mass is 10.1. The molecule has 0 aliphatic heterocycles. The van der Waals surface area contributed by atoms with Crippen LogP contribution in [0.2, 0.25) is 0 Å². The summed E-state index contributed by atoms with van der Waals surface area (Å²) in [6.07, 6.45) is -3.32. The Bertz CT molecular complexity index is 1570. The number of rotatable bonds is 4. The first-order valence-electron chi connectivity index (χ1n) is 10.5. The molecule has 2 aromatic carbocycles. The summed E-state index contributed by atoms with van der Waals surface area (Å²) in [6, 6.07) is 12.2. The molecule has 11 heteroatoms. The van der Waals surface area contributed by atoms with Crippen molar-refractivity contribution < 1.29 is 13.2 Å². The Morgan fingerprint density at radius 1 is 1.06 bits per heavy atom. The molecule has 0 fully saturated rings. The molecule has 0 unspecified atom stereocenters. The maximum Gasteiger partial charge on any atom is 0.416 e. The lowest BCUT2D eigenvalue weighted by molar-refractivity contribution is -0.137. The molecule has 0 radical (unpaired) electrons. The van der Waals surface area contributed by atoms with Gasteiger partial charge in [-0.25, -0.2) is 4.79 Å². The van der Waals surface area contributed by atoms with Gasteiger partial charge >= 0.3 is 11.9 Å². The fourth-order valence-electron chi connectivity index (χ4n) is 3.86. The van der Waals surface area contributed by atoms with Crippen molar-refractivity contribution in [2.24, 2.45) is 0 Å². The number of aromatic nitrogens is 5. The van der Waals surface area contributed by atoms with Crippen molar-refractivity contribution in [3.8, 4) is 28.8 Å². The van der Waals surface area contributed by atoms with Crippen LogP contribution in [0.4, 0.5) is 13.2 Å². The minimum absolute atomic E-state index is 0.0140. The van der Waals surface area contributed by atoms with E-state index in [-0.39, 0.29) is 22.9 Å². The minimum atomic E-state index is -4.61. The molecule has 2 aromatic heterocycles. The van der Waals surface area contributed by atoms with Crippen molar-refractivity contribution >= 4 is 0 Å². The first kappa shape index (κ1) is 23.7. The van der Waals surface area contributed by atoms with Gasteiger partial charge in [-0.3, -0.25) is 18.5 Å². The third kappa shape index (κ3) is 4.14. The molecule has 0 saturated heterocycles. The molecule has 0 amide bonds. The molecule has 2 heterocycles. The molecule has 0 aliphatic rings. The normalized spacial score (nSPS) is 11.6. The summed E-state index contributed by atoms with van der Waals surface area (Å²) in [6.45, 7) is 4.74. The van der Waals surface area contributed by atoms with Crippen LogP contribution in [0.1, 0.15) is 36.7 Å². The molecular weight excluding hydrogens is 461 g/mol. The Balaban J connectivity index is 2.04. The van der Waals surface area contributed by atoms with E-state index >= 15 is 0 Å². The first-order chi connectivity index (χ1) is 16.5. The summed E-state index contributed by atoms with van der Waals surface area (Å²) >= 11 is 0. The molecule has 0 saturated carbocycles. The number of hydrogen-bond donors (Lipinski definition) is 0. The summed E-state index contributed by atoms with van der Waals surface area (Å²) < 4.78 is 43.6. The number of alkyl halides is 3. The van der Waals surface area contributed by atoms with Crippen LogP contribution in [-0.4, -0.2) is 23.9 Å². The standard InChI is InChI=1S/C24H19F3N6O2/c1-14(2)32-22(34)20(31-13-29-30-21(31)17-9-7-16(12-28)8-10-17)15(3)33(23(32)35)19-6-4-5-18(11-19)24(25,26)27/h4-11,13-14H,1-3H3. The summed E-state index contributed by atoms with van der Waals surface area (Å²) in [4.78, 5) is 26.8. The van der Waals surface area contributed by atoms with E-state index in [9.17, 15) is 22.8 Å². The van der Waals surface area contributed by atoms with E-state index in [0.29, 0.717) is 11.1 Å². The van der Waals surface area contributed by atoms with Crippen LogP contribution in [0, 0.1) is 18.3 Å². The predicted octanol–water partition coefficient (Wildman–Crippen LogP) is 4.03. The molecule has 4 rings (SSSR count). The van der Waals surface area contributed by atoms with Gasteiger partial charge in [-0.15, -0.1) is 10.2 Å². The summed E-state index contributed by atoms with van der Waals surface area (Å²) in [7, 11) is 0. The van der Waals surface area contributed by atoms with E-state index < -0.39 is 29.0 Å². The number of nitrogens with zero attached hydrogens (tertiary/aromatic N) is 6. The second-order valence-electron chi connectivity index (χ2n) is 8.08. The van der Waals surface area contributed by atoms with Crippen molar-refractivity contribution in [3.05, 3.63) is 92.5 Å². The van der Waals surface area contributed by atoms with Crippen molar-refractivity contribution in [1.29, 1.82) is 5.26 Å². The third-order valence-electron chi connectivity index (χ3n) is 5.51. The first-order valence-corrected chi connectivity index (χ1v) is 10.5. The van der Waals surface area contributed by atoms with Gasteiger partial charge < -0.3 is 0 Å². The van der Waals surface area contributed by atoms with Gasteiger partial charge in [0.25, 0.3) is 5.56 Å². The van der Waals surface area contributed by atoms with Gasteiger partial charge in [0.05, 0.1) is 28.6 Å². The Labute approximate surface area is 197 Å². The summed E-state index contributed by atoms with van der Waals surface area (Å²) in [5.41, 5.74) is -1.26. The monoisotopic (exact) mass is 480 g/mol. The lowest BCUT2D eigenvalue weighted by Gasteiger charge is -2.20. The van der Waals surface area contributed by atoms with Gasteiger partial charge in [0.15, 0.2) is 5.82 Å². The number of benzene rings is 2. The van der Waals surface area contributed by atoms with Gasteiger partial charge in [-0.05, 0) is 63.2 Å². The fraction of sp³-hybridized carbons (Fsp3) is 0.208. The van der Waals surface area contributed by atoms with E-state index in [1.165, 1.54) is 30.0 Å². The highest BCUT2D eigenvalue weighted by Gasteiger charge is 2.31. The zero-order valence-corrected chi connectivity index (χ0v) is 18.9. The SMILES string of the molecule is Cc1c(-n2cnnc2-c2ccc(C#N)cc2)c(=O)n(C(C)C)c(=O)n1-c1cccc(C(F)(F)F)c1. The van der Waals surface area contributed by atoms with Crippen LogP contribution in [0.25, 0.3) is 22.8 Å². The molecule has 0 aliphatic carbocycles. The second-order valence-corrected chi connectivity index (χ2v) is 8.08. The maximum atomic E-state index is 13.5. The van der Waals surface area contributed by atoms with E-state index in [1.54, 1.807) is 38.1 Å². The molecule has 0 N–H and O–H groups in total. The van der Waals surface area contributed by atoms with Crippen LogP contribution in [-0.2, 0) is 6.18 Å². The van der Waals surface area contributed by atoms with Crippen molar-refractivity contribution in [3.63, 3.8) is 0 Å². The van der Waals surface area contributed by atoms with Crippen LogP contribution in [0.5, 0.6) is 0 Å². The number of halogens is 3. The molecule has 0 atom stereocenters. The molecule has 178 valence electrons. The molecular formula is C24H19F3N6O2. The Kier molecular flexibility index (Phi) is 5.90. The molecule has 4 aromatic rings. The maximum absolute atomic E-state index is 13.5. The molecule has 0 spiro atoms. The largest absolute Gasteiger partial charge is 0.416 e. The number of hydrogen-bond acceptors (Lipinski definition) is 5. The highest BCUT2D eigenvalue weighted by Crippen LogP contribution is 2.30. The molecule has 0 bridgehead atoms. The second kappa shape index (κ2) is 8.72. The topological polar surface area (TPSA) is 98.5 Å². The third-order valence-corrected chi connectivity index (χ3v) is 5.51. The van der Waals surface area contributed by atoms with Crippen LogP contribution in [0.3, 0.4) is 0 Å². The minimum Gasteiger partial charge on any atom is -0.275 e. The predicted molar refractivity (Wildman–Crippen MR) is 121 cm³/mol. The quantitative estimate of drug-likeness (QED) is 0.439. The molecule has 8 nitrogen and oxygen atoms in total. The van der Waals surface area contributed by atoms with Gasteiger partial charge in [-0.2, -0.15) is 18.4 Å². The average Bonchev–Trinajstić information content (AvgIpc) is 3.28. The van der Waals surface area contributed by atoms with Gasteiger partial charge in [-0.1, -0.05) is 6.07 Å². The lowest BCUT2D eigenvalue weighted by Crippen LogP contribution is -2.43.